The summed E-state index contributed by atoms with van der Waals surface area (Å²) >= 11 is 0. The van der Waals surface area contributed by atoms with Gasteiger partial charge in [0.2, 0.25) is 0 Å². The van der Waals surface area contributed by atoms with Crippen LogP contribution in [0.2, 0.25) is 0 Å². The van der Waals surface area contributed by atoms with Crippen molar-refractivity contribution < 1.29 is 18.3 Å². The zero-order valence-electron chi connectivity index (χ0n) is 11.2. The highest BCUT2D eigenvalue weighted by atomic mass is 19.3. The summed E-state index contributed by atoms with van der Waals surface area (Å²) in [7, 11) is 0. The Morgan fingerprint density at radius 2 is 2.00 bits per heavy atom. The van der Waals surface area contributed by atoms with Crippen LogP contribution in [0.5, 0.6) is 11.5 Å². The highest BCUT2D eigenvalue weighted by molar-refractivity contribution is 5.44. The number of rotatable bonds is 8. The highest BCUT2D eigenvalue weighted by Crippen LogP contribution is 2.31. The van der Waals surface area contributed by atoms with Crippen molar-refractivity contribution in [2.75, 3.05) is 19.7 Å². The third kappa shape index (κ3) is 4.65. The van der Waals surface area contributed by atoms with E-state index in [1.165, 1.54) is 6.07 Å². The molecule has 1 aromatic carbocycles. The molecule has 0 radical (unpaired) electrons. The largest absolute Gasteiger partial charge is 0.490 e. The van der Waals surface area contributed by atoms with Gasteiger partial charge < -0.3 is 20.5 Å². The fraction of sp³-hybridized carbons (Fsp3) is 0.538. The summed E-state index contributed by atoms with van der Waals surface area (Å²) in [5, 5.41) is 3.21. The van der Waals surface area contributed by atoms with Gasteiger partial charge in [-0.25, -0.2) is 0 Å². The van der Waals surface area contributed by atoms with E-state index in [9.17, 15) is 8.78 Å². The van der Waals surface area contributed by atoms with Gasteiger partial charge in [-0.05, 0) is 31.2 Å². The number of hydrogen-bond donors (Lipinski definition) is 2. The molecule has 1 aromatic rings. The Balaban J connectivity index is 2.99. The lowest BCUT2D eigenvalue weighted by molar-refractivity contribution is -0.0514. The van der Waals surface area contributed by atoms with Crippen molar-refractivity contribution in [3.63, 3.8) is 0 Å². The fourth-order valence-corrected chi connectivity index (χ4v) is 1.79. The molecule has 0 aliphatic carbocycles. The fourth-order valence-electron chi connectivity index (χ4n) is 1.79. The third-order valence-corrected chi connectivity index (χ3v) is 2.57. The van der Waals surface area contributed by atoms with Crippen LogP contribution in [0.15, 0.2) is 18.2 Å². The van der Waals surface area contributed by atoms with Crippen LogP contribution >= 0.6 is 0 Å². The van der Waals surface area contributed by atoms with Crippen LogP contribution in [-0.2, 0) is 0 Å². The van der Waals surface area contributed by atoms with Gasteiger partial charge >= 0.3 is 6.61 Å². The first kappa shape index (κ1) is 15.7. The average molecular weight is 274 g/mol. The molecule has 108 valence electrons. The van der Waals surface area contributed by atoms with Gasteiger partial charge in [-0.1, -0.05) is 13.0 Å². The Kier molecular flexibility index (Phi) is 6.52. The maximum Gasteiger partial charge on any atom is 0.387 e. The van der Waals surface area contributed by atoms with Crippen molar-refractivity contribution in [1.29, 1.82) is 0 Å². The molecule has 0 aliphatic heterocycles. The van der Waals surface area contributed by atoms with Gasteiger partial charge in [-0.3, -0.25) is 0 Å². The second-order valence-electron chi connectivity index (χ2n) is 3.86. The number of halogens is 2. The van der Waals surface area contributed by atoms with Gasteiger partial charge in [0, 0.05) is 12.6 Å². The minimum atomic E-state index is -2.87. The quantitative estimate of drug-likeness (QED) is 0.763. The summed E-state index contributed by atoms with van der Waals surface area (Å²) in [6.07, 6.45) is 0. The van der Waals surface area contributed by atoms with Gasteiger partial charge in [-0.2, -0.15) is 8.78 Å². The zero-order valence-corrected chi connectivity index (χ0v) is 11.2. The molecule has 0 fully saturated rings. The van der Waals surface area contributed by atoms with Gasteiger partial charge in [0.25, 0.3) is 0 Å². The van der Waals surface area contributed by atoms with Crippen molar-refractivity contribution in [3.8, 4) is 11.5 Å². The molecule has 0 heterocycles. The van der Waals surface area contributed by atoms with Crippen LogP contribution in [0.3, 0.4) is 0 Å². The SMILES string of the molecule is CCNC(CN)c1ccc(OC(F)F)c(OCC)c1. The Bertz CT molecular complexity index is 389. The predicted molar refractivity (Wildman–Crippen MR) is 69.7 cm³/mol. The Morgan fingerprint density at radius 1 is 1.26 bits per heavy atom. The first-order valence-corrected chi connectivity index (χ1v) is 6.27. The molecule has 0 bridgehead atoms. The highest BCUT2D eigenvalue weighted by Gasteiger charge is 2.15. The van der Waals surface area contributed by atoms with Crippen molar-refractivity contribution >= 4 is 0 Å². The summed E-state index contributed by atoms with van der Waals surface area (Å²) in [6, 6.07) is 4.83. The summed E-state index contributed by atoms with van der Waals surface area (Å²) in [5.41, 5.74) is 6.56. The molecule has 3 N–H and O–H groups in total. The van der Waals surface area contributed by atoms with Crippen LogP contribution in [0.1, 0.15) is 25.5 Å². The minimum Gasteiger partial charge on any atom is -0.490 e. The number of nitrogens with one attached hydrogen (secondary N) is 1. The van der Waals surface area contributed by atoms with E-state index in [2.05, 4.69) is 10.1 Å². The number of benzene rings is 1. The van der Waals surface area contributed by atoms with E-state index in [0.717, 1.165) is 12.1 Å². The third-order valence-electron chi connectivity index (χ3n) is 2.57. The van der Waals surface area contributed by atoms with Crippen molar-refractivity contribution in [3.05, 3.63) is 23.8 Å². The summed E-state index contributed by atoms with van der Waals surface area (Å²) in [6.45, 7) is 2.43. The van der Waals surface area contributed by atoms with E-state index in [1.54, 1.807) is 19.1 Å². The van der Waals surface area contributed by atoms with Crippen LogP contribution in [0.25, 0.3) is 0 Å². The maximum atomic E-state index is 12.3. The standard InChI is InChI=1S/C13H20F2N2O2/c1-3-17-10(8-16)9-5-6-11(19-13(14)15)12(7-9)18-4-2/h5-7,10,13,17H,3-4,8,16H2,1-2H3. The second kappa shape index (κ2) is 7.91. The minimum absolute atomic E-state index is 0.0351. The van der Waals surface area contributed by atoms with Crippen molar-refractivity contribution in [2.45, 2.75) is 26.5 Å². The van der Waals surface area contributed by atoms with E-state index in [-0.39, 0.29) is 11.8 Å². The van der Waals surface area contributed by atoms with E-state index in [4.69, 9.17) is 10.5 Å². The smallest absolute Gasteiger partial charge is 0.387 e. The lowest BCUT2D eigenvalue weighted by Crippen LogP contribution is -2.27. The Labute approximate surface area is 111 Å². The Morgan fingerprint density at radius 3 is 2.53 bits per heavy atom. The first-order chi connectivity index (χ1) is 9.12. The van der Waals surface area contributed by atoms with E-state index in [1.807, 2.05) is 6.92 Å². The molecule has 6 heteroatoms. The molecule has 0 amide bonds. The summed E-state index contributed by atoms with van der Waals surface area (Å²) in [4.78, 5) is 0. The first-order valence-electron chi connectivity index (χ1n) is 6.27. The van der Waals surface area contributed by atoms with Gasteiger partial charge in [-0.15, -0.1) is 0 Å². The lowest BCUT2D eigenvalue weighted by Gasteiger charge is -2.18. The molecule has 0 saturated carbocycles. The molecule has 0 aliphatic rings. The molecule has 19 heavy (non-hydrogen) atoms. The van der Waals surface area contributed by atoms with E-state index in [0.29, 0.717) is 18.9 Å². The summed E-state index contributed by atoms with van der Waals surface area (Å²) < 4.78 is 34.3. The number of hydrogen-bond acceptors (Lipinski definition) is 4. The van der Waals surface area contributed by atoms with Crippen molar-refractivity contribution in [1.82, 2.24) is 5.32 Å². The molecule has 1 unspecified atom stereocenters. The predicted octanol–water partition coefficient (Wildman–Crippen LogP) is 2.30. The maximum absolute atomic E-state index is 12.3. The molecule has 0 aromatic heterocycles. The zero-order chi connectivity index (χ0) is 14.3. The molecule has 1 atom stereocenters. The monoisotopic (exact) mass is 274 g/mol. The van der Waals surface area contributed by atoms with Crippen LogP contribution < -0.4 is 20.5 Å². The molecular weight excluding hydrogens is 254 g/mol. The molecular formula is C13H20F2N2O2. The van der Waals surface area contributed by atoms with Gasteiger partial charge in [0.1, 0.15) is 0 Å². The lowest BCUT2D eigenvalue weighted by atomic mass is 10.1. The van der Waals surface area contributed by atoms with Crippen LogP contribution in [-0.4, -0.2) is 26.3 Å². The molecule has 4 nitrogen and oxygen atoms in total. The van der Waals surface area contributed by atoms with E-state index >= 15 is 0 Å². The number of nitrogens with two attached hydrogens (primary N) is 1. The topological polar surface area (TPSA) is 56.5 Å². The second-order valence-corrected chi connectivity index (χ2v) is 3.86. The van der Waals surface area contributed by atoms with Crippen LogP contribution in [0, 0.1) is 0 Å². The number of alkyl halides is 2. The normalized spacial score (nSPS) is 12.5. The molecule has 0 spiro atoms. The average Bonchev–Trinajstić information content (AvgIpc) is 2.38. The van der Waals surface area contributed by atoms with Crippen molar-refractivity contribution in [2.24, 2.45) is 5.73 Å². The van der Waals surface area contributed by atoms with Crippen LogP contribution in [0.4, 0.5) is 8.78 Å². The number of ether oxygens (including phenoxy) is 2. The Hall–Kier alpha value is -1.40. The number of likely N-dealkylation sites (N-methyl/N-ethyl adjacent to an activating group) is 1. The van der Waals surface area contributed by atoms with E-state index < -0.39 is 6.61 Å². The van der Waals surface area contributed by atoms with Gasteiger partial charge in [0.15, 0.2) is 11.5 Å². The summed E-state index contributed by atoms with van der Waals surface area (Å²) in [5.74, 6) is 0.338. The molecule has 1 rings (SSSR count). The van der Waals surface area contributed by atoms with Gasteiger partial charge in [0.05, 0.1) is 6.61 Å². The molecule has 0 saturated heterocycles.